The number of nitrogens with one attached hydrogen (secondary N) is 1. The normalized spacial score (nSPS) is 10.9. The molecule has 0 aliphatic carbocycles. The van der Waals surface area contributed by atoms with Crippen molar-refractivity contribution in [2.75, 3.05) is 18.1 Å². The van der Waals surface area contributed by atoms with E-state index in [0.29, 0.717) is 12.4 Å². The number of hydrogen-bond acceptors (Lipinski definition) is 4. The van der Waals surface area contributed by atoms with Crippen LogP contribution >= 0.6 is 0 Å². The Morgan fingerprint density at radius 2 is 2.36 bits per heavy atom. The third-order valence-corrected chi connectivity index (χ3v) is 2.71. The van der Waals surface area contributed by atoms with Crippen molar-refractivity contribution in [2.45, 2.75) is 4.90 Å². The fourth-order valence-electron chi connectivity index (χ4n) is 0.991. The lowest BCUT2D eigenvalue weighted by atomic mass is 10.4. The summed E-state index contributed by atoms with van der Waals surface area (Å²) in [5.41, 5.74) is 0. The quantitative estimate of drug-likeness (QED) is 0.759. The first-order valence-electron chi connectivity index (χ1n) is 4.05. The van der Waals surface area contributed by atoms with Crippen molar-refractivity contribution >= 4 is 15.7 Å². The summed E-state index contributed by atoms with van der Waals surface area (Å²) < 4.78 is 22.6. The standard InChI is InChI=1S/C9H12N2O2S/c1-3-6-10-9-8(14(2,12)13)5-4-7-11-9/h3-5,7H,1,6H2,2H3,(H,10,11). The molecule has 0 radical (unpaired) electrons. The monoisotopic (exact) mass is 212 g/mol. The van der Waals surface area contributed by atoms with Gasteiger partial charge in [0.05, 0.1) is 0 Å². The highest BCUT2D eigenvalue weighted by molar-refractivity contribution is 7.90. The van der Waals surface area contributed by atoms with Crippen LogP contribution in [0.5, 0.6) is 0 Å². The van der Waals surface area contributed by atoms with Gasteiger partial charge < -0.3 is 5.32 Å². The van der Waals surface area contributed by atoms with E-state index >= 15 is 0 Å². The molecule has 14 heavy (non-hydrogen) atoms. The summed E-state index contributed by atoms with van der Waals surface area (Å²) in [5, 5.41) is 2.86. The van der Waals surface area contributed by atoms with E-state index in [1.807, 2.05) is 0 Å². The number of hydrogen-bond donors (Lipinski definition) is 1. The van der Waals surface area contributed by atoms with Gasteiger partial charge in [-0.3, -0.25) is 0 Å². The van der Waals surface area contributed by atoms with Gasteiger partial charge in [0.15, 0.2) is 9.84 Å². The van der Waals surface area contributed by atoms with Gasteiger partial charge in [-0.25, -0.2) is 13.4 Å². The molecule has 4 nitrogen and oxygen atoms in total. The number of pyridine rings is 1. The molecule has 5 heteroatoms. The topological polar surface area (TPSA) is 59.1 Å². The Bertz CT molecular complexity index is 426. The Hall–Kier alpha value is -1.36. The number of anilines is 1. The van der Waals surface area contributed by atoms with Crippen LogP contribution in [0.2, 0.25) is 0 Å². The predicted octanol–water partition coefficient (Wildman–Crippen LogP) is 1.08. The van der Waals surface area contributed by atoms with Gasteiger partial charge in [0.1, 0.15) is 10.7 Å². The lowest BCUT2D eigenvalue weighted by Gasteiger charge is -2.06. The molecule has 0 spiro atoms. The summed E-state index contributed by atoms with van der Waals surface area (Å²) in [5.74, 6) is 0.370. The minimum absolute atomic E-state index is 0.210. The Kier molecular flexibility index (Phi) is 3.24. The van der Waals surface area contributed by atoms with Crippen LogP contribution in [-0.2, 0) is 9.84 Å². The first-order chi connectivity index (χ1) is 6.55. The van der Waals surface area contributed by atoms with Gasteiger partial charge in [0.2, 0.25) is 0 Å². The largest absolute Gasteiger partial charge is 0.366 e. The number of nitrogens with zero attached hydrogens (tertiary/aromatic N) is 1. The molecule has 0 bridgehead atoms. The Balaban J connectivity index is 3.10. The molecule has 0 amide bonds. The molecule has 1 N–H and O–H groups in total. The van der Waals surface area contributed by atoms with Crippen molar-refractivity contribution in [2.24, 2.45) is 0 Å². The highest BCUT2D eigenvalue weighted by atomic mass is 32.2. The zero-order valence-corrected chi connectivity index (χ0v) is 8.71. The van der Waals surface area contributed by atoms with Crippen molar-refractivity contribution < 1.29 is 8.42 Å². The predicted molar refractivity (Wildman–Crippen MR) is 56.0 cm³/mol. The zero-order valence-electron chi connectivity index (χ0n) is 7.90. The molecular formula is C9H12N2O2S. The molecule has 0 atom stereocenters. The summed E-state index contributed by atoms with van der Waals surface area (Å²) in [4.78, 5) is 4.15. The molecule has 0 aliphatic heterocycles. The summed E-state index contributed by atoms with van der Waals surface area (Å²) in [7, 11) is -3.22. The summed E-state index contributed by atoms with van der Waals surface area (Å²) >= 11 is 0. The van der Waals surface area contributed by atoms with E-state index in [-0.39, 0.29) is 4.90 Å². The SMILES string of the molecule is C=CCNc1ncccc1S(C)(=O)=O. The van der Waals surface area contributed by atoms with Crippen LogP contribution < -0.4 is 5.32 Å². The van der Waals surface area contributed by atoms with Crippen LogP contribution in [-0.4, -0.2) is 26.2 Å². The third kappa shape index (κ3) is 2.56. The second-order valence-electron chi connectivity index (χ2n) is 2.79. The molecule has 0 fully saturated rings. The van der Waals surface area contributed by atoms with E-state index in [0.717, 1.165) is 6.26 Å². The van der Waals surface area contributed by atoms with Gasteiger partial charge in [-0.15, -0.1) is 6.58 Å². The number of sulfone groups is 1. The van der Waals surface area contributed by atoms with Gasteiger partial charge in [-0.2, -0.15) is 0 Å². The fraction of sp³-hybridized carbons (Fsp3) is 0.222. The zero-order chi connectivity index (χ0) is 10.6. The van der Waals surface area contributed by atoms with E-state index in [4.69, 9.17) is 0 Å². The van der Waals surface area contributed by atoms with Gasteiger partial charge in [0.25, 0.3) is 0 Å². The van der Waals surface area contributed by atoms with Crippen molar-refractivity contribution in [3.05, 3.63) is 31.0 Å². The van der Waals surface area contributed by atoms with Crippen molar-refractivity contribution in [3.63, 3.8) is 0 Å². The molecule has 1 rings (SSSR count). The van der Waals surface area contributed by atoms with E-state index in [2.05, 4.69) is 16.9 Å². The summed E-state index contributed by atoms with van der Waals surface area (Å²) in [6, 6.07) is 3.11. The maximum absolute atomic E-state index is 11.3. The molecular weight excluding hydrogens is 200 g/mol. The minimum atomic E-state index is -3.22. The Morgan fingerprint density at radius 3 is 2.93 bits per heavy atom. The molecule has 0 saturated carbocycles. The van der Waals surface area contributed by atoms with Crippen LogP contribution in [0.25, 0.3) is 0 Å². The van der Waals surface area contributed by atoms with Crippen molar-refractivity contribution in [3.8, 4) is 0 Å². The first kappa shape index (κ1) is 10.7. The lowest BCUT2D eigenvalue weighted by Crippen LogP contribution is -2.07. The number of aromatic nitrogens is 1. The van der Waals surface area contributed by atoms with E-state index in [9.17, 15) is 8.42 Å². The molecule has 1 heterocycles. The van der Waals surface area contributed by atoms with Crippen molar-refractivity contribution in [1.29, 1.82) is 0 Å². The molecule has 1 aromatic heterocycles. The van der Waals surface area contributed by atoms with E-state index in [1.54, 1.807) is 18.3 Å². The molecule has 1 aromatic rings. The average molecular weight is 212 g/mol. The maximum Gasteiger partial charge on any atom is 0.179 e. The van der Waals surface area contributed by atoms with E-state index in [1.165, 1.54) is 6.07 Å². The van der Waals surface area contributed by atoms with Crippen LogP contribution in [0.1, 0.15) is 0 Å². The van der Waals surface area contributed by atoms with Crippen LogP contribution in [0, 0.1) is 0 Å². The molecule has 0 unspecified atom stereocenters. The summed E-state index contributed by atoms with van der Waals surface area (Å²) in [6.07, 6.45) is 4.34. The van der Waals surface area contributed by atoms with Crippen molar-refractivity contribution in [1.82, 2.24) is 4.98 Å². The minimum Gasteiger partial charge on any atom is -0.366 e. The first-order valence-corrected chi connectivity index (χ1v) is 5.94. The molecule has 0 aromatic carbocycles. The van der Waals surface area contributed by atoms with Gasteiger partial charge in [-0.05, 0) is 12.1 Å². The van der Waals surface area contributed by atoms with Crippen LogP contribution in [0.15, 0.2) is 35.9 Å². The van der Waals surface area contributed by atoms with E-state index < -0.39 is 9.84 Å². The molecule has 0 aliphatic rings. The van der Waals surface area contributed by atoms with Gasteiger partial charge in [0, 0.05) is 19.0 Å². The highest BCUT2D eigenvalue weighted by Crippen LogP contribution is 2.16. The second-order valence-corrected chi connectivity index (χ2v) is 4.78. The Morgan fingerprint density at radius 1 is 1.64 bits per heavy atom. The Labute approximate surface area is 83.6 Å². The van der Waals surface area contributed by atoms with Gasteiger partial charge >= 0.3 is 0 Å². The van der Waals surface area contributed by atoms with Gasteiger partial charge in [-0.1, -0.05) is 6.08 Å². The summed E-state index contributed by atoms with van der Waals surface area (Å²) in [6.45, 7) is 4.01. The lowest BCUT2D eigenvalue weighted by molar-refractivity contribution is 0.602. The van der Waals surface area contributed by atoms with Crippen LogP contribution in [0.3, 0.4) is 0 Å². The molecule has 0 saturated heterocycles. The third-order valence-electron chi connectivity index (χ3n) is 1.58. The maximum atomic E-state index is 11.3. The average Bonchev–Trinajstić information content (AvgIpc) is 2.14. The highest BCUT2D eigenvalue weighted by Gasteiger charge is 2.12. The number of rotatable bonds is 4. The smallest absolute Gasteiger partial charge is 0.179 e. The molecule has 76 valence electrons. The van der Waals surface area contributed by atoms with Crippen LogP contribution in [0.4, 0.5) is 5.82 Å². The second kappa shape index (κ2) is 4.23. The fourth-order valence-corrected chi connectivity index (χ4v) is 1.79.